The summed E-state index contributed by atoms with van der Waals surface area (Å²) in [6, 6.07) is 9.45. The number of carbonyl (C=O) groups excluding carboxylic acids is 1. The molecule has 3 aromatic rings. The number of aryl methyl sites for hydroxylation is 2. The molecule has 0 radical (unpaired) electrons. The number of amides is 2. The molecule has 3 rings (SSSR count). The van der Waals surface area contributed by atoms with Crippen molar-refractivity contribution < 1.29 is 9.32 Å². The third kappa shape index (κ3) is 3.46. The van der Waals surface area contributed by atoms with Crippen LogP contribution in [0.15, 0.2) is 40.2 Å². The van der Waals surface area contributed by atoms with Crippen molar-refractivity contribution in [2.45, 2.75) is 26.8 Å². The molecule has 6 nitrogen and oxygen atoms in total. The van der Waals surface area contributed by atoms with Gasteiger partial charge in [0.1, 0.15) is 16.4 Å². The maximum Gasteiger partial charge on any atom is 0.319 e. The highest BCUT2D eigenvalue weighted by Gasteiger charge is 2.17. The average Bonchev–Trinajstić information content (AvgIpc) is 3.18. The van der Waals surface area contributed by atoms with Gasteiger partial charge >= 0.3 is 6.03 Å². The largest absolute Gasteiger partial charge is 0.359 e. The Morgan fingerprint density at radius 2 is 2.00 bits per heavy atom. The standard InChI is InChI=1S/C17H18N4O2S/c1-10-15(12(3)23-21-10)20-17(22)18-11(2)16-19-14(9-24-16)13-7-5-4-6-8-13/h4-9,11H,1-3H3,(H2,18,20,22). The van der Waals surface area contributed by atoms with Gasteiger partial charge in [-0.25, -0.2) is 9.78 Å². The summed E-state index contributed by atoms with van der Waals surface area (Å²) < 4.78 is 5.04. The van der Waals surface area contributed by atoms with Gasteiger partial charge in [0, 0.05) is 10.9 Å². The number of benzene rings is 1. The number of thiazole rings is 1. The fourth-order valence-electron chi connectivity index (χ4n) is 2.30. The number of nitrogens with zero attached hydrogens (tertiary/aromatic N) is 2. The van der Waals surface area contributed by atoms with Crippen molar-refractivity contribution in [2.75, 3.05) is 5.32 Å². The molecule has 24 heavy (non-hydrogen) atoms. The van der Waals surface area contributed by atoms with Gasteiger partial charge in [-0.2, -0.15) is 0 Å². The molecule has 1 aromatic carbocycles. The van der Waals surface area contributed by atoms with Crippen molar-refractivity contribution in [3.05, 3.63) is 52.2 Å². The highest BCUT2D eigenvalue weighted by Crippen LogP contribution is 2.25. The lowest BCUT2D eigenvalue weighted by Gasteiger charge is -2.12. The molecule has 2 heterocycles. The van der Waals surface area contributed by atoms with Crippen molar-refractivity contribution in [1.82, 2.24) is 15.5 Å². The van der Waals surface area contributed by atoms with Gasteiger partial charge in [-0.3, -0.25) is 0 Å². The minimum atomic E-state index is -0.312. The zero-order chi connectivity index (χ0) is 17.1. The Hall–Kier alpha value is -2.67. The lowest BCUT2D eigenvalue weighted by Crippen LogP contribution is -2.31. The van der Waals surface area contributed by atoms with Crippen molar-refractivity contribution in [3.63, 3.8) is 0 Å². The Bertz CT molecular complexity index is 822. The summed E-state index contributed by atoms with van der Waals surface area (Å²) >= 11 is 1.52. The normalized spacial score (nSPS) is 12.0. The van der Waals surface area contributed by atoms with Gasteiger partial charge in [0.2, 0.25) is 0 Å². The molecule has 0 aliphatic rings. The number of anilines is 1. The van der Waals surface area contributed by atoms with E-state index < -0.39 is 0 Å². The predicted molar refractivity (Wildman–Crippen MR) is 94.1 cm³/mol. The van der Waals surface area contributed by atoms with Crippen LogP contribution in [0.2, 0.25) is 0 Å². The summed E-state index contributed by atoms with van der Waals surface area (Å²) in [6.07, 6.45) is 0. The molecule has 0 bridgehead atoms. The van der Waals surface area contributed by atoms with Crippen LogP contribution in [0.4, 0.5) is 10.5 Å². The minimum absolute atomic E-state index is 0.201. The zero-order valence-corrected chi connectivity index (χ0v) is 14.5. The number of carbonyl (C=O) groups is 1. The molecule has 1 atom stereocenters. The number of rotatable bonds is 4. The van der Waals surface area contributed by atoms with E-state index in [-0.39, 0.29) is 12.1 Å². The Morgan fingerprint density at radius 3 is 2.67 bits per heavy atom. The van der Waals surface area contributed by atoms with E-state index in [0.29, 0.717) is 17.1 Å². The lowest BCUT2D eigenvalue weighted by molar-refractivity contribution is 0.249. The molecule has 0 fully saturated rings. The maximum atomic E-state index is 12.2. The molecule has 0 aliphatic carbocycles. The topological polar surface area (TPSA) is 80.0 Å². The summed E-state index contributed by atoms with van der Waals surface area (Å²) in [5, 5.41) is 12.3. The summed E-state index contributed by atoms with van der Waals surface area (Å²) in [7, 11) is 0. The first-order chi connectivity index (χ1) is 11.5. The second-order valence-corrected chi connectivity index (χ2v) is 6.35. The Balaban J connectivity index is 1.66. The number of urea groups is 1. The van der Waals surface area contributed by atoms with Crippen molar-refractivity contribution in [3.8, 4) is 11.3 Å². The Labute approximate surface area is 143 Å². The predicted octanol–water partition coefficient (Wildman–Crippen LogP) is 4.30. The zero-order valence-electron chi connectivity index (χ0n) is 13.7. The van der Waals surface area contributed by atoms with Gasteiger partial charge in [0.25, 0.3) is 0 Å². The first-order valence-electron chi connectivity index (χ1n) is 7.56. The van der Waals surface area contributed by atoms with Crippen LogP contribution in [0.25, 0.3) is 11.3 Å². The van der Waals surface area contributed by atoms with Crippen LogP contribution >= 0.6 is 11.3 Å². The Kier molecular flexibility index (Phi) is 4.61. The number of hydrogen-bond donors (Lipinski definition) is 2. The van der Waals surface area contributed by atoms with E-state index in [2.05, 4.69) is 20.8 Å². The van der Waals surface area contributed by atoms with Crippen molar-refractivity contribution in [1.29, 1.82) is 0 Å². The highest BCUT2D eigenvalue weighted by atomic mass is 32.1. The summed E-state index contributed by atoms with van der Waals surface area (Å²) in [5.74, 6) is 0.580. The third-order valence-electron chi connectivity index (χ3n) is 3.58. The molecule has 0 saturated heterocycles. The molecular formula is C17H18N4O2S. The smallest absolute Gasteiger partial charge is 0.319 e. The summed E-state index contributed by atoms with van der Waals surface area (Å²) in [5.41, 5.74) is 3.22. The average molecular weight is 342 g/mol. The molecule has 0 aliphatic heterocycles. The van der Waals surface area contributed by atoms with Crippen LogP contribution in [0, 0.1) is 13.8 Å². The van der Waals surface area contributed by atoms with Gasteiger partial charge < -0.3 is 15.2 Å². The van der Waals surface area contributed by atoms with E-state index in [1.165, 1.54) is 11.3 Å². The first kappa shape index (κ1) is 16.2. The summed E-state index contributed by atoms with van der Waals surface area (Å²) in [6.45, 7) is 5.44. The summed E-state index contributed by atoms with van der Waals surface area (Å²) in [4.78, 5) is 16.8. The SMILES string of the molecule is Cc1noc(C)c1NC(=O)NC(C)c1nc(-c2ccccc2)cs1. The maximum absolute atomic E-state index is 12.2. The Morgan fingerprint density at radius 1 is 1.25 bits per heavy atom. The van der Waals surface area contributed by atoms with E-state index >= 15 is 0 Å². The van der Waals surface area contributed by atoms with Crippen molar-refractivity contribution in [2.24, 2.45) is 0 Å². The monoisotopic (exact) mass is 342 g/mol. The molecule has 2 aromatic heterocycles. The van der Waals surface area contributed by atoms with Gasteiger partial charge in [-0.05, 0) is 20.8 Å². The van der Waals surface area contributed by atoms with E-state index in [1.54, 1.807) is 13.8 Å². The van der Waals surface area contributed by atoms with E-state index in [9.17, 15) is 4.79 Å². The molecule has 2 amide bonds. The van der Waals surface area contributed by atoms with E-state index in [1.807, 2.05) is 42.6 Å². The number of hydrogen-bond acceptors (Lipinski definition) is 5. The van der Waals surface area contributed by atoms with Crippen molar-refractivity contribution >= 4 is 23.1 Å². The number of nitrogens with one attached hydrogen (secondary N) is 2. The van der Waals surface area contributed by atoms with Crippen LogP contribution in [0.1, 0.15) is 29.4 Å². The van der Waals surface area contributed by atoms with Crippen LogP contribution in [-0.4, -0.2) is 16.2 Å². The van der Waals surface area contributed by atoms with E-state index in [4.69, 9.17) is 4.52 Å². The van der Waals surface area contributed by atoms with Crippen LogP contribution in [-0.2, 0) is 0 Å². The minimum Gasteiger partial charge on any atom is -0.359 e. The quantitative estimate of drug-likeness (QED) is 0.741. The fourth-order valence-corrected chi connectivity index (χ4v) is 3.13. The fraction of sp³-hybridized carbons (Fsp3) is 0.235. The molecule has 0 saturated carbocycles. The van der Waals surface area contributed by atoms with E-state index in [0.717, 1.165) is 16.3 Å². The second-order valence-electron chi connectivity index (χ2n) is 5.46. The van der Waals surface area contributed by atoms with Gasteiger partial charge in [0.15, 0.2) is 5.76 Å². The highest BCUT2D eigenvalue weighted by molar-refractivity contribution is 7.10. The van der Waals surface area contributed by atoms with Crippen LogP contribution in [0.5, 0.6) is 0 Å². The van der Waals surface area contributed by atoms with Crippen LogP contribution < -0.4 is 10.6 Å². The van der Waals surface area contributed by atoms with Gasteiger partial charge in [0.05, 0.1) is 11.7 Å². The molecule has 1 unspecified atom stereocenters. The molecular weight excluding hydrogens is 324 g/mol. The first-order valence-corrected chi connectivity index (χ1v) is 8.44. The van der Waals surface area contributed by atoms with Gasteiger partial charge in [-0.1, -0.05) is 35.5 Å². The molecule has 2 N–H and O–H groups in total. The third-order valence-corrected chi connectivity index (χ3v) is 4.61. The van der Waals surface area contributed by atoms with Gasteiger partial charge in [-0.15, -0.1) is 11.3 Å². The molecule has 124 valence electrons. The number of aromatic nitrogens is 2. The second kappa shape index (κ2) is 6.84. The molecule has 0 spiro atoms. The lowest BCUT2D eigenvalue weighted by atomic mass is 10.2. The molecule has 7 heteroatoms. The van der Waals surface area contributed by atoms with Crippen LogP contribution in [0.3, 0.4) is 0 Å².